The average Bonchev–Trinajstić information content (AvgIpc) is 3.16. The first-order valence-electron chi connectivity index (χ1n) is 11.5. The summed E-state index contributed by atoms with van der Waals surface area (Å²) < 4.78 is 7.96. The first-order valence-corrected chi connectivity index (χ1v) is 11.9. The van der Waals surface area contributed by atoms with Crippen LogP contribution in [-0.4, -0.2) is 21.5 Å². The molecule has 0 saturated carbocycles. The Morgan fingerprint density at radius 1 is 1.00 bits per heavy atom. The van der Waals surface area contributed by atoms with Crippen molar-refractivity contribution in [3.8, 4) is 11.4 Å². The number of thiocarbonyl (C=S) groups is 1. The van der Waals surface area contributed by atoms with Crippen molar-refractivity contribution in [2.24, 2.45) is 0 Å². The van der Waals surface area contributed by atoms with E-state index in [1.165, 1.54) is 12.8 Å². The van der Waals surface area contributed by atoms with Gasteiger partial charge in [0.15, 0.2) is 5.11 Å². The van der Waals surface area contributed by atoms with E-state index < -0.39 is 0 Å². The summed E-state index contributed by atoms with van der Waals surface area (Å²) in [6.45, 7) is 9.21. The maximum absolute atomic E-state index is 6.34. The fourth-order valence-corrected chi connectivity index (χ4v) is 3.60. The summed E-state index contributed by atoms with van der Waals surface area (Å²) >= 11 is 5.49. The van der Waals surface area contributed by atoms with E-state index in [1.54, 1.807) is 4.68 Å². The number of hydrogen-bond donors (Lipinski definition) is 3. The minimum absolute atomic E-state index is 0.0999. The van der Waals surface area contributed by atoms with Crippen LogP contribution in [0.5, 0.6) is 5.75 Å². The molecule has 33 heavy (non-hydrogen) atoms. The van der Waals surface area contributed by atoms with Crippen molar-refractivity contribution in [1.82, 2.24) is 9.78 Å². The predicted molar refractivity (Wildman–Crippen MR) is 143 cm³/mol. The Labute approximate surface area is 202 Å². The number of nitrogens with zero attached hydrogens (tertiary/aromatic N) is 2. The van der Waals surface area contributed by atoms with Crippen molar-refractivity contribution in [3.63, 3.8) is 0 Å². The van der Waals surface area contributed by atoms with Gasteiger partial charge in [0.2, 0.25) is 0 Å². The Morgan fingerprint density at radius 2 is 1.73 bits per heavy atom. The molecular formula is C26H35N5OS. The Hall–Kier alpha value is -3.06. The summed E-state index contributed by atoms with van der Waals surface area (Å²) in [5.41, 5.74) is 9.74. The van der Waals surface area contributed by atoms with Crippen LogP contribution in [0.25, 0.3) is 5.69 Å². The van der Waals surface area contributed by atoms with Gasteiger partial charge in [-0.3, -0.25) is 0 Å². The Balaban J connectivity index is 1.83. The third kappa shape index (κ3) is 6.96. The van der Waals surface area contributed by atoms with Crippen LogP contribution in [0, 0.1) is 0 Å². The summed E-state index contributed by atoms with van der Waals surface area (Å²) in [6, 6.07) is 17.6. The minimum Gasteiger partial charge on any atom is -0.491 e. The third-order valence-electron chi connectivity index (χ3n) is 5.24. The zero-order chi connectivity index (χ0) is 23.8. The van der Waals surface area contributed by atoms with Gasteiger partial charge in [0.1, 0.15) is 17.3 Å². The topological polar surface area (TPSA) is 77.1 Å². The second-order valence-electron chi connectivity index (χ2n) is 9.15. The van der Waals surface area contributed by atoms with Crippen molar-refractivity contribution in [2.45, 2.75) is 58.8 Å². The molecule has 0 amide bonds. The molecule has 0 atom stereocenters. The van der Waals surface area contributed by atoms with Gasteiger partial charge in [0, 0.05) is 28.9 Å². The highest BCUT2D eigenvalue weighted by atomic mass is 32.1. The number of nitrogens with one attached hydrogen (secondary N) is 2. The zero-order valence-corrected chi connectivity index (χ0v) is 20.8. The first-order chi connectivity index (χ1) is 15.8. The van der Waals surface area contributed by atoms with Crippen LogP contribution in [-0.2, 0) is 5.41 Å². The van der Waals surface area contributed by atoms with Gasteiger partial charge >= 0.3 is 0 Å². The number of unbranched alkanes of at least 4 members (excludes halogenated alkanes) is 3. The number of rotatable bonds is 9. The maximum Gasteiger partial charge on any atom is 0.175 e. The van der Waals surface area contributed by atoms with Crippen molar-refractivity contribution in [3.05, 3.63) is 60.3 Å². The van der Waals surface area contributed by atoms with Crippen molar-refractivity contribution >= 4 is 34.5 Å². The number of anilines is 3. The Morgan fingerprint density at radius 3 is 2.39 bits per heavy atom. The lowest BCUT2D eigenvalue weighted by molar-refractivity contribution is 0.304. The van der Waals surface area contributed by atoms with Gasteiger partial charge in [0.05, 0.1) is 12.3 Å². The zero-order valence-electron chi connectivity index (χ0n) is 20.0. The van der Waals surface area contributed by atoms with E-state index in [0.29, 0.717) is 23.3 Å². The number of nitrogens with two attached hydrogens (primary N) is 1. The number of para-hydroxylation sites is 1. The molecule has 0 aliphatic carbocycles. The molecule has 0 saturated heterocycles. The molecule has 3 rings (SSSR count). The number of ether oxygens (including phenoxy) is 1. The van der Waals surface area contributed by atoms with E-state index >= 15 is 0 Å². The second kappa shape index (κ2) is 11.2. The summed E-state index contributed by atoms with van der Waals surface area (Å²) in [4.78, 5) is 0. The van der Waals surface area contributed by atoms with E-state index in [0.717, 1.165) is 35.6 Å². The van der Waals surface area contributed by atoms with Gasteiger partial charge in [-0.25, -0.2) is 4.68 Å². The number of aromatic nitrogens is 2. The van der Waals surface area contributed by atoms with E-state index in [9.17, 15) is 0 Å². The molecule has 0 aliphatic heterocycles. The highest BCUT2D eigenvalue weighted by molar-refractivity contribution is 7.80. The lowest BCUT2D eigenvalue weighted by atomic mass is 9.92. The van der Waals surface area contributed by atoms with Crippen LogP contribution in [0.4, 0.5) is 17.2 Å². The lowest BCUT2D eigenvalue weighted by Crippen LogP contribution is -2.19. The molecule has 176 valence electrons. The molecule has 0 aliphatic rings. The molecule has 3 aromatic rings. The molecule has 0 fully saturated rings. The van der Waals surface area contributed by atoms with Gasteiger partial charge in [-0.1, -0.05) is 65.2 Å². The van der Waals surface area contributed by atoms with Gasteiger partial charge < -0.3 is 21.1 Å². The van der Waals surface area contributed by atoms with Crippen LogP contribution in [0.2, 0.25) is 0 Å². The highest BCUT2D eigenvalue weighted by Gasteiger charge is 2.21. The molecule has 4 N–H and O–H groups in total. The number of benzene rings is 2. The van der Waals surface area contributed by atoms with Crippen LogP contribution >= 0.6 is 12.2 Å². The van der Waals surface area contributed by atoms with Crippen LogP contribution in [0.1, 0.15) is 59.1 Å². The summed E-state index contributed by atoms with van der Waals surface area (Å²) in [5, 5.41) is 11.7. The summed E-state index contributed by atoms with van der Waals surface area (Å²) in [6.07, 6.45) is 4.54. The number of hydrogen-bond acceptors (Lipinski definition) is 4. The minimum atomic E-state index is -0.0999. The van der Waals surface area contributed by atoms with Crippen LogP contribution in [0.15, 0.2) is 54.6 Å². The number of nitrogen functional groups attached to an aromatic ring is 1. The molecule has 6 nitrogen and oxygen atoms in total. The second-order valence-corrected chi connectivity index (χ2v) is 9.56. The monoisotopic (exact) mass is 465 g/mol. The smallest absolute Gasteiger partial charge is 0.175 e. The highest BCUT2D eigenvalue weighted by Crippen LogP contribution is 2.31. The van der Waals surface area contributed by atoms with Crippen LogP contribution < -0.4 is 21.1 Å². The molecule has 0 unspecified atom stereocenters. The van der Waals surface area contributed by atoms with Gasteiger partial charge in [-0.15, -0.1) is 0 Å². The normalized spacial score (nSPS) is 11.3. The molecule has 0 bridgehead atoms. The van der Waals surface area contributed by atoms with Crippen molar-refractivity contribution in [1.29, 1.82) is 0 Å². The fraction of sp³-hybridized carbons (Fsp3) is 0.385. The first kappa shape index (κ1) is 24.6. The Bertz CT molecular complexity index is 1060. The van der Waals surface area contributed by atoms with E-state index in [-0.39, 0.29) is 5.41 Å². The molecule has 0 radical (unpaired) electrons. The quantitative estimate of drug-likeness (QED) is 0.247. The fourth-order valence-electron chi connectivity index (χ4n) is 3.36. The van der Waals surface area contributed by atoms with Crippen molar-refractivity contribution < 1.29 is 4.74 Å². The van der Waals surface area contributed by atoms with Gasteiger partial charge in [-0.05, 0) is 42.9 Å². The van der Waals surface area contributed by atoms with Crippen LogP contribution in [0.3, 0.4) is 0 Å². The molecular weight excluding hydrogens is 430 g/mol. The Kier molecular flexibility index (Phi) is 8.33. The molecule has 0 spiro atoms. The van der Waals surface area contributed by atoms with Crippen molar-refractivity contribution in [2.75, 3.05) is 23.0 Å². The SMILES string of the molecule is CCCCCCOc1cc(NC(=S)Nc2ccccc2)ccc1-n1nc(C(C)(C)C)cc1N. The predicted octanol–water partition coefficient (Wildman–Crippen LogP) is 6.52. The summed E-state index contributed by atoms with van der Waals surface area (Å²) in [7, 11) is 0. The lowest BCUT2D eigenvalue weighted by Gasteiger charge is -2.17. The standard InChI is InChI=1S/C26H35N5OS/c1-5-6-7-11-16-32-22-17-20(29-25(33)28-19-12-9-8-10-13-19)14-15-21(22)31-24(27)18-23(30-31)26(2,3)4/h8-10,12-15,17-18H,5-7,11,16,27H2,1-4H3,(H2,28,29,33). The maximum atomic E-state index is 6.34. The van der Waals surface area contributed by atoms with E-state index in [1.807, 2.05) is 54.6 Å². The van der Waals surface area contributed by atoms with E-state index in [4.69, 9.17) is 27.8 Å². The van der Waals surface area contributed by atoms with Gasteiger partial charge in [0.25, 0.3) is 0 Å². The molecule has 1 aromatic heterocycles. The summed E-state index contributed by atoms with van der Waals surface area (Å²) in [5.74, 6) is 1.30. The molecule has 2 aromatic carbocycles. The molecule has 7 heteroatoms. The third-order valence-corrected chi connectivity index (χ3v) is 5.44. The largest absolute Gasteiger partial charge is 0.491 e. The van der Waals surface area contributed by atoms with E-state index in [2.05, 4.69) is 38.3 Å². The van der Waals surface area contributed by atoms with Gasteiger partial charge in [-0.2, -0.15) is 5.10 Å². The average molecular weight is 466 g/mol. The molecule has 1 heterocycles.